The molecule has 0 aliphatic heterocycles. The van der Waals surface area contributed by atoms with E-state index >= 15 is 0 Å². The quantitative estimate of drug-likeness (QED) is 0.366. The number of hydrogen-bond donors (Lipinski definition) is 2. The Kier molecular flexibility index (Phi) is 6.52. The van der Waals surface area contributed by atoms with Crippen molar-refractivity contribution >= 4 is 54.3 Å². The smallest absolute Gasteiger partial charge is 0.340 e. The zero-order valence-corrected chi connectivity index (χ0v) is 18.8. The summed E-state index contributed by atoms with van der Waals surface area (Å²) in [5.41, 5.74) is 0.368. The molecule has 8 nitrogen and oxygen atoms in total. The molecule has 4 rings (SSSR count). The number of rotatable bonds is 7. The maximum atomic E-state index is 13.5. The molecule has 12 heteroatoms. The number of aromatic nitrogens is 1. The molecule has 0 saturated heterocycles. The Labute approximate surface area is 196 Å². The number of thiazole rings is 1. The highest BCUT2D eigenvalue weighted by atomic mass is 32.2. The third-order valence-corrected chi connectivity index (χ3v) is 6.78. The zero-order valence-electron chi connectivity index (χ0n) is 17.1. The fourth-order valence-electron chi connectivity index (χ4n) is 2.89. The molecule has 0 atom stereocenters. The van der Waals surface area contributed by atoms with E-state index in [4.69, 9.17) is 4.74 Å². The largest absolute Gasteiger partial charge is 0.452 e. The molecular weight excluding hydrogens is 488 g/mol. The molecule has 0 bridgehead atoms. The lowest BCUT2D eigenvalue weighted by Crippen LogP contribution is -2.22. The summed E-state index contributed by atoms with van der Waals surface area (Å²) in [5, 5.41) is 2.87. The molecular formula is C22H15F2N3O5S2. The number of hydrogen-bond acceptors (Lipinski definition) is 7. The molecule has 0 fully saturated rings. The molecule has 4 aromatic rings. The normalized spacial score (nSPS) is 11.2. The number of para-hydroxylation sites is 2. The van der Waals surface area contributed by atoms with E-state index in [0.717, 1.165) is 10.8 Å². The van der Waals surface area contributed by atoms with Crippen molar-refractivity contribution in [3.05, 3.63) is 83.9 Å². The first-order valence-corrected chi connectivity index (χ1v) is 11.9. The van der Waals surface area contributed by atoms with Crippen LogP contribution in [0.4, 0.5) is 19.6 Å². The number of nitrogens with zero attached hydrogens (tertiary/aromatic N) is 1. The minimum Gasteiger partial charge on any atom is -0.452 e. The molecule has 1 amide bonds. The lowest BCUT2D eigenvalue weighted by atomic mass is 10.2. The minimum absolute atomic E-state index is 0.163. The molecule has 0 radical (unpaired) electrons. The molecule has 2 N–H and O–H groups in total. The van der Waals surface area contributed by atoms with Crippen molar-refractivity contribution in [3.63, 3.8) is 0 Å². The van der Waals surface area contributed by atoms with Crippen LogP contribution in [0.1, 0.15) is 10.4 Å². The Hall–Kier alpha value is -3.90. The number of anilines is 2. The van der Waals surface area contributed by atoms with Crippen LogP contribution < -0.4 is 10.0 Å². The number of nitrogens with one attached hydrogen (secondary N) is 2. The second-order valence-corrected chi connectivity index (χ2v) is 9.55. The van der Waals surface area contributed by atoms with Crippen molar-refractivity contribution < 1.29 is 31.5 Å². The molecule has 3 aromatic carbocycles. The van der Waals surface area contributed by atoms with Gasteiger partial charge in [0.1, 0.15) is 0 Å². The van der Waals surface area contributed by atoms with Gasteiger partial charge in [-0.3, -0.25) is 14.8 Å². The zero-order chi connectivity index (χ0) is 24.3. The van der Waals surface area contributed by atoms with E-state index in [1.54, 1.807) is 6.07 Å². The van der Waals surface area contributed by atoms with Gasteiger partial charge in [0.2, 0.25) is 0 Å². The Morgan fingerprint density at radius 3 is 2.47 bits per heavy atom. The van der Waals surface area contributed by atoms with Crippen LogP contribution in [-0.4, -0.2) is 31.9 Å². The van der Waals surface area contributed by atoms with Crippen molar-refractivity contribution in [2.75, 3.05) is 16.6 Å². The average molecular weight is 504 g/mol. The number of halogens is 2. The van der Waals surface area contributed by atoms with Gasteiger partial charge in [-0.25, -0.2) is 27.0 Å². The topological polar surface area (TPSA) is 114 Å². The molecule has 1 heterocycles. The van der Waals surface area contributed by atoms with Crippen molar-refractivity contribution in [2.24, 2.45) is 0 Å². The first-order valence-electron chi connectivity index (χ1n) is 9.62. The first kappa shape index (κ1) is 23.3. The first-order chi connectivity index (χ1) is 16.2. The number of esters is 1. The predicted octanol–water partition coefficient (Wildman–Crippen LogP) is 4.17. The van der Waals surface area contributed by atoms with Crippen molar-refractivity contribution in [2.45, 2.75) is 4.90 Å². The number of fused-ring (bicyclic) bond motifs is 1. The lowest BCUT2D eigenvalue weighted by molar-refractivity contribution is -0.119. The second-order valence-electron chi connectivity index (χ2n) is 6.84. The fourth-order valence-corrected chi connectivity index (χ4v) is 4.86. The van der Waals surface area contributed by atoms with E-state index in [9.17, 15) is 26.8 Å². The van der Waals surface area contributed by atoms with Gasteiger partial charge < -0.3 is 4.74 Å². The van der Waals surface area contributed by atoms with Crippen LogP contribution in [0, 0.1) is 11.6 Å². The van der Waals surface area contributed by atoms with Crippen molar-refractivity contribution in [3.8, 4) is 0 Å². The Bertz CT molecular complexity index is 1470. The van der Waals surface area contributed by atoms with Crippen LogP contribution in [0.5, 0.6) is 0 Å². The van der Waals surface area contributed by atoms with E-state index in [1.807, 2.05) is 18.2 Å². The van der Waals surface area contributed by atoms with Gasteiger partial charge in [0.05, 0.1) is 26.4 Å². The summed E-state index contributed by atoms with van der Waals surface area (Å²) in [6.07, 6.45) is 0. The van der Waals surface area contributed by atoms with E-state index < -0.39 is 45.0 Å². The minimum atomic E-state index is -4.34. The summed E-state index contributed by atoms with van der Waals surface area (Å²) >= 11 is 1.25. The third-order valence-electron chi connectivity index (χ3n) is 4.47. The maximum Gasteiger partial charge on any atom is 0.340 e. The standard InChI is InChI=1S/C22H15F2N3O5S2/c23-15-10-9-13(11-16(15)24)34(30,31)27-17-6-2-1-5-14(17)21(29)32-12-20(28)26-22-25-18-7-3-4-8-19(18)33-22/h1-11,27H,12H2,(H,25,26,28). The molecule has 174 valence electrons. The molecule has 0 saturated carbocycles. The monoisotopic (exact) mass is 503 g/mol. The molecule has 0 aliphatic rings. The maximum absolute atomic E-state index is 13.5. The second kappa shape index (κ2) is 9.53. The fraction of sp³-hybridized carbons (Fsp3) is 0.0455. The lowest BCUT2D eigenvalue weighted by Gasteiger charge is -2.12. The number of sulfonamides is 1. The van der Waals surface area contributed by atoms with Gasteiger partial charge in [-0.15, -0.1) is 0 Å². The highest BCUT2D eigenvalue weighted by Gasteiger charge is 2.21. The van der Waals surface area contributed by atoms with Crippen LogP contribution >= 0.6 is 11.3 Å². The number of ether oxygens (including phenoxy) is 1. The van der Waals surface area contributed by atoms with Gasteiger partial charge in [0.15, 0.2) is 23.4 Å². The van der Waals surface area contributed by atoms with Gasteiger partial charge in [0, 0.05) is 0 Å². The van der Waals surface area contributed by atoms with E-state index in [-0.39, 0.29) is 11.3 Å². The van der Waals surface area contributed by atoms with Crippen LogP contribution in [-0.2, 0) is 19.6 Å². The summed E-state index contributed by atoms with van der Waals surface area (Å²) in [4.78, 5) is 28.4. The summed E-state index contributed by atoms with van der Waals surface area (Å²) in [7, 11) is -4.34. The summed E-state index contributed by atoms with van der Waals surface area (Å²) in [6, 6.07) is 14.9. The Balaban J connectivity index is 1.43. The Morgan fingerprint density at radius 1 is 0.971 bits per heavy atom. The van der Waals surface area contributed by atoms with Crippen LogP contribution in [0.25, 0.3) is 10.2 Å². The molecule has 0 aliphatic carbocycles. The van der Waals surface area contributed by atoms with Gasteiger partial charge >= 0.3 is 5.97 Å². The SMILES string of the molecule is O=C(COC(=O)c1ccccc1NS(=O)(=O)c1ccc(F)c(F)c1)Nc1nc2ccccc2s1. The molecule has 34 heavy (non-hydrogen) atoms. The van der Waals surface area contributed by atoms with Gasteiger partial charge in [0.25, 0.3) is 15.9 Å². The highest BCUT2D eigenvalue weighted by Crippen LogP contribution is 2.25. The third kappa shape index (κ3) is 5.18. The van der Waals surface area contributed by atoms with Gasteiger partial charge in [-0.2, -0.15) is 0 Å². The number of amides is 1. The summed E-state index contributed by atoms with van der Waals surface area (Å²) in [5.74, 6) is -4.14. The molecule has 1 aromatic heterocycles. The number of benzene rings is 3. The number of carbonyl (C=O) groups is 2. The van der Waals surface area contributed by atoms with Gasteiger partial charge in [-0.1, -0.05) is 35.6 Å². The number of carbonyl (C=O) groups excluding carboxylic acids is 2. The van der Waals surface area contributed by atoms with E-state index in [2.05, 4.69) is 15.0 Å². The van der Waals surface area contributed by atoms with Crippen molar-refractivity contribution in [1.29, 1.82) is 0 Å². The predicted molar refractivity (Wildman–Crippen MR) is 122 cm³/mol. The van der Waals surface area contributed by atoms with Crippen LogP contribution in [0.3, 0.4) is 0 Å². The van der Waals surface area contributed by atoms with Crippen molar-refractivity contribution in [1.82, 2.24) is 4.98 Å². The summed E-state index contributed by atoms with van der Waals surface area (Å²) < 4.78 is 59.8. The Morgan fingerprint density at radius 2 is 1.71 bits per heavy atom. The summed E-state index contributed by atoms with van der Waals surface area (Å²) in [6.45, 7) is -0.640. The van der Waals surface area contributed by atoms with Crippen LogP contribution in [0.2, 0.25) is 0 Å². The molecule has 0 unspecified atom stereocenters. The average Bonchev–Trinajstić information content (AvgIpc) is 3.21. The van der Waals surface area contributed by atoms with E-state index in [0.29, 0.717) is 22.8 Å². The highest BCUT2D eigenvalue weighted by molar-refractivity contribution is 7.92. The van der Waals surface area contributed by atoms with Crippen LogP contribution in [0.15, 0.2) is 71.6 Å². The van der Waals surface area contributed by atoms with Gasteiger partial charge in [-0.05, 0) is 42.5 Å². The molecule has 0 spiro atoms. The van der Waals surface area contributed by atoms with E-state index in [1.165, 1.54) is 35.6 Å².